The fraction of sp³-hybridized carbons (Fsp3) is 0.563. The second-order valence-corrected chi connectivity index (χ2v) is 42.1. The largest absolute Gasteiger partial charge is 0.348 e. The lowest BCUT2D eigenvalue weighted by Crippen LogP contribution is -2.43. The summed E-state index contributed by atoms with van der Waals surface area (Å²) in [5, 5.41) is 14.3. The summed E-state index contributed by atoms with van der Waals surface area (Å²) in [6.45, 7) is 20.9. The third-order valence-electron chi connectivity index (χ3n) is 32.0. The van der Waals surface area contributed by atoms with Crippen LogP contribution in [0.5, 0.6) is 0 Å². The number of aromatic nitrogens is 2. The third-order valence-corrected chi connectivity index (χ3v) is 32.6. The number of nitrogens with zero attached hydrogens (tertiary/aromatic N) is 6. The number of fused-ring (bicyclic) bond motifs is 7. The van der Waals surface area contributed by atoms with Crippen LogP contribution in [0, 0.1) is 23.7 Å². The number of imide groups is 3. The summed E-state index contributed by atoms with van der Waals surface area (Å²) < 4.78 is 17.7. The quantitative estimate of drug-likeness (QED) is 0.0118. The molecule has 13 nitrogen and oxygen atoms in total. The van der Waals surface area contributed by atoms with Crippen LogP contribution in [-0.2, 0) is 11.3 Å². The van der Waals surface area contributed by atoms with E-state index in [2.05, 4.69) is 133 Å². The maximum absolute atomic E-state index is 16.9. The van der Waals surface area contributed by atoms with E-state index < -0.39 is 0 Å². The summed E-state index contributed by atoms with van der Waals surface area (Å²) in [6.07, 6.45) is 55.3. The van der Waals surface area contributed by atoms with E-state index in [9.17, 15) is 0 Å². The molecule has 17 rings (SSSR count). The van der Waals surface area contributed by atoms with E-state index in [-0.39, 0.29) is 65.5 Å². The monoisotopic (exact) mass is 1810 g/mol. The molecule has 0 bridgehead atoms. The lowest BCUT2D eigenvalue weighted by atomic mass is 9.79. The van der Waals surface area contributed by atoms with E-state index in [4.69, 9.17) is 13.5 Å². The van der Waals surface area contributed by atoms with Crippen molar-refractivity contribution in [3.05, 3.63) is 142 Å². The van der Waals surface area contributed by atoms with Gasteiger partial charge in [-0.05, 0) is 204 Å². The van der Waals surface area contributed by atoms with Crippen molar-refractivity contribution in [3.8, 4) is 22.3 Å². The smallest absolute Gasteiger partial charge is 0.262 e. The summed E-state index contributed by atoms with van der Waals surface area (Å²) in [5.74, 6) is -0.662. The molecule has 6 amide bonds. The Morgan fingerprint density at radius 1 is 0.278 bits per heavy atom. The van der Waals surface area contributed by atoms with Crippen LogP contribution < -0.4 is 0 Å². The van der Waals surface area contributed by atoms with Gasteiger partial charge in [0.1, 0.15) is 23.4 Å². The zero-order chi connectivity index (χ0) is 92.2. The number of carbonyl (C=O) groups is 6. The zero-order valence-corrected chi connectivity index (χ0v) is 82.9. The minimum atomic E-state index is -0.333. The van der Waals surface area contributed by atoms with Gasteiger partial charge in [-0.15, -0.1) is 0 Å². The molecule has 6 atom stereocenters. The Kier molecular flexibility index (Phi) is 32.4. The average Bonchev–Trinajstić information content (AvgIpc) is 1.63. The van der Waals surface area contributed by atoms with Gasteiger partial charge in [0.2, 0.25) is 0 Å². The number of hydrogen-bond acceptors (Lipinski definition) is 11. The van der Waals surface area contributed by atoms with Crippen molar-refractivity contribution in [1.82, 2.24) is 28.3 Å². The SMILES string of the molecule is CCCCCCCCC(CCCCCC)CN1C(=O)c2ccc3c4ccc5c6c(c(-c7ccc(-c8cc9c%10ccc%11c%12c(ccc(c%13ccc%14c(c8C(=O)N(CC(CCCCCC)CCCCCCCC)C%14=O)c%139)c%12%10)CN(CC(CCCCCC)CCCCCCCC)C8OC%118)c8nsnc78)cc(c7ccc(c2c37)C1=O)c64)C(=O)N(CC(CCCCCC)CCCCCCCC)C5=O. The van der Waals surface area contributed by atoms with Gasteiger partial charge in [0.15, 0.2) is 0 Å². The van der Waals surface area contributed by atoms with Crippen molar-refractivity contribution in [2.24, 2.45) is 23.7 Å². The fourth-order valence-electron chi connectivity index (χ4n) is 24.7. The molecule has 12 aromatic rings. The molecule has 6 unspecified atom stereocenters. The van der Waals surface area contributed by atoms with E-state index in [0.717, 1.165) is 232 Å². The molecule has 133 heavy (non-hydrogen) atoms. The molecule has 1 aromatic heterocycles. The van der Waals surface area contributed by atoms with Crippen molar-refractivity contribution < 1.29 is 33.5 Å². The first-order valence-corrected chi connectivity index (χ1v) is 54.7. The van der Waals surface area contributed by atoms with Gasteiger partial charge in [-0.2, -0.15) is 8.75 Å². The van der Waals surface area contributed by atoms with E-state index in [1.807, 2.05) is 24.3 Å². The molecule has 11 aromatic carbocycles. The lowest BCUT2D eigenvalue weighted by molar-refractivity contribution is 0.0563. The summed E-state index contributed by atoms with van der Waals surface area (Å²) in [6, 6.07) is 34.2. The van der Waals surface area contributed by atoms with E-state index >= 15 is 28.8 Å². The molecule has 0 spiro atoms. The molecule has 1 fully saturated rings. The van der Waals surface area contributed by atoms with Crippen LogP contribution in [0.1, 0.15) is 443 Å². The van der Waals surface area contributed by atoms with Gasteiger partial charge in [-0.3, -0.25) is 48.4 Å². The van der Waals surface area contributed by atoms with Gasteiger partial charge in [0.05, 0.1) is 22.9 Å². The Bertz CT molecular complexity index is 6120. The van der Waals surface area contributed by atoms with Crippen LogP contribution >= 0.6 is 11.7 Å². The van der Waals surface area contributed by atoms with Crippen LogP contribution in [-0.4, -0.2) is 96.2 Å². The Hall–Kier alpha value is -8.82. The van der Waals surface area contributed by atoms with E-state index in [0.29, 0.717) is 108 Å². The summed E-state index contributed by atoms with van der Waals surface area (Å²) >= 11 is 1.11. The standard InChI is InChI=1S/C119H152N6O7S/c1-9-17-25-33-37-45-50-78(49-41-29-21-13-5)73-122-77-82-57-58-83-85-61-69-94-106-103(85)96(87-59-66-91(100(82)101(83)87)112-119(122)132-112)71-98(108(106)117(130)124(115(94)128)75-80(52-43-31-23-15-7)55-47-39-35-27-19-11-3)89-64-65-90(111-110(89)120-133-121-111)99-72-97-88-63-68-93-105-92(113(126)123(114(93)127)74-79(51-42-30-22-14-6)54-46-38-34-26-18-10-2)67-60-84(102(88)105)86-62-70-95-107(104(86)97)109(99)118(131)125(116(95)129)76-81(53-44-32-24-16-8)56-48-40-36-28-20-12-4/h57-72,78-81,112,119H,9-56,73-77H2,1-8H3. The van der Waals surface area contributed by atoms with Crippen molar-refractivity contribution >= 4 is 144 Å². The van der Waals surface area contributed by atoms with Crippen LogP contribution in [0.4, 0.5) is 0 Å². The number of hydrogen-bond donors (Lipinski definition) is 0. The Morgan fingerprint density at radius 2 is 0.549 bits per heavy atom. The van der Waals surface area contributed by atoms with Gasteiger partial charge in [-0.25, -0.2) is 0 Å². The molecular formula is C119H152N6O7S. The van der Waals surface area contributed by atoms with Gasteiger partial charge < -0.3 is 4.74 Å². The molecule has 14 heteroatoms. The second-order valence-electron chi connectivity index (χ2n) is 41.6. The molecule has 0 saturated carbocycles. The molecule has 5 aliphatic heterocycles. The first kappa shape index (κ1) is 95.9. The van der Waals surface area contributed by atoms with Gasteiger partial charge in [0.25, 0.3) is 35.4 Å². The Balaban J connectivity index is 0.833. The van der Waals surface area contributed by atoms with Crippen molar-refractivity contribution in [3.63, 3.8) is 0 Å². The maximum Gasteiger partial charge on any atom is 0.262 e. The van der Waals surface area contributed by atoms with Gasteiger partial charge in [0, 0.05) is 82.3 Å². The van der Waals surface area contributed by atoms with Crippen LogP contribution in [0.3, 0.4) is 0 Å². The van der Waals surface area contributed by atoms with Gasteiger partial charge >= 0.3 is 0 Å². The second kappa shape index (κ2) is 45.0. The lowest BCUT2D eigenvalue weighted by Gasteiger charge is -2.33. The van der Waals surface area contributed by atoms with Crippen molar-refractivity contribution in [1.29, 1.82) is 0 Å². The van der Waals surface area contributed by atoms with E-state index in [1.165, 1.54) is 182 Å². The molecule has 0 N–H and O–H groups in total. The van der Waals surface area contributed by atoms with Crippen LogP contribution in [0.25, 0.3) is 119 Å². The van der Waals surface area contributed by atoms with Gasteiger partial charge in [-0.1, -0.05) is 373 Å². The summed E-state index contributed by atoms with van der Waals surface area (Å²) in [7, 11) is 0. The highest BCUT2D eigenvalue weighted by Crippen LogP contribution is 2.56. The Labute approximate surface area is 797 Å². The number of benzene rings is 11. The highest BCUT2D eigenvalue weighted by molar-refractivity contribution is 7.00. The summed E-state index contributed by atoms with van der Waals surface area (Å²) in [5.41, 5.74) is 9.27. The molecule has 1 saturated heterocycles. The normalized spacial score (nSPS) is 16.6. The molecule has 706 valence electrons. The molecular weight excluding hydrogens is 1660 g/mol. The first-order valence-electron chi connectivity index (χ1n) is 54.0. The topological polar surface area (TPSA) is 154 Å². The highest BCUT2D eigenvalue weighted by Gasteiger charge is 2.49. The van der Waals surface area contributed by atoms with Crippen molar-refractivity contribution in [2.45, 2.75) is 382 Å². The zero-order valence-electron chi connectivity index (χ0n) is 82.1. The van der Waals surface area contributed by atoms with Crippen LogP contribution in [0.2, 0.25) is 0 Å². The fourth-order valence-corrected chi connectivity index (χ4v) is 25.2. The number of carbonyl (C=O) groups excluding carboxylic acids is 6. The third kappa shape index (κ3) is 19.8. The Morgan fingerprint density at radius 3 is 0.902 bits per heavy atom. The predicted molar refractivity (Wildman–Crippen MR) is 556 cm³/mol. The number of unbranched alkanes of at least 4 members (excludes halogenated alkanes) is 32. The maximum atomic E-state index is 16.9. The predicted octanol–water partition coefficient (Wildman–Crippen LogP) is 33.5. The van der Waals surface area contributed by atoms with Crippen LogP contribution in [0.15, 0.2) is 97.1 Å². The molecule has 0 aliphatic carbocycles. The number of epoxide rings is 1. The average molecular weight is 1810 g/mol. The number of amides is 6. The molecule has 5 aliphatic rings. The number of ether oxygens (including phenoxy) is 1. The molecule has 0 radical (unpaired) electrons. The highest BCUT2D eigenvalue weighted by atomic mass is 32.1. The summed E-state index contributed by atoms with van der Waals surface area (Å²) in [4.78, 5) is 105. The first-order chi connectivity index (χ1) is 65.3. The number of rotatable bonds is 58. The minimum Gasteiger partial charge on any atom is -0.348 e. The van der Waals surface area contributed by atoms with Crippen molar-refractivity contribution in [2.75, 3.05) is 26.2 Å². The minimum absolute atomic E-state index is 0.00229. The molecule has 6 heterocycles. The van der Waals surface area contributed by atoms with E-state index in [1.54, 1.807) is 14.7 Å².